The van der Waals surface area contributed by atoms with Crippen LogP contribution in [0, 0.1) is 17.8 Å². The van der Waals surface area contributed by atoms with Crippen molar-refractivity contribution < 1.29 is 68.4 Å². The van der Waals surface area contributed by atoms with Crippen molar-refractivity contribution in [2.45, 2.75) is 154 Å². The predicted octanol–water partition coefficient (Wildman–Crippen LogP) is 0.397. The van der Waals surface area contributed by atoms with Gasteiger partial charge in [0.05, 0.1) is 12.6 Å². The Bertz CT molecular complexity index is 2590. The number of likely N-dealkylation sites (N-methyl/N-ethyl adjacent to an activating group) is 1. The van der Waals surface area contributed by atoms with Crippen molar-refractivity contribution in [2.24, 2.45) is 29.2 Å². The van der Waals surface area contributed by atoms with Gasteiger partial charge >= 0.3 is 11.9 Å². The highest BCUT2D eigenvalue weighted by Gasteiger charge is 2.38. The summed E-state index contributed by atoms with van der Waals surface area (Å²) < 4.78 is 0. The molecular formula is C58H84N10O14. The quantitative estimate of drug-likeness (QED) is 0.0355. The van der Waals surface area contributed by atoms with E-state index in [-0.39, 0.29) is 44.4 Å². The first kappa shape index (κ1) is 68.3. The average Bonchev–Trinajstić information content (AvgIpc) is 3.53. The lowest BCUT2D eigenvalue weighted by atomic mass is 9.96. The minimum atomic E-state index is -1.71. The minimum absolute atomic E-state index is 0.0562. The monoisotopic (exact) mass is 1140 g/mol. The molecule has 3 aromatic carbocycles. The van der Waals surface area contributed by atoms with E-state index in [0.29, 0.717) is 24.0 Å². The summed E-state index contributed by atoms with van der Waals surface area (Å²) in [5.74, 6) is -11.3. The standard InChI is InChI=1S/C58H84N10O14/c1-8-35(6)48(56(79)63-43(30-37-19-13-10-14-20-37)53(76)64-44(31-38-22-24-39(70)25-23-38)57(80)68(7)49(34(4)5)58(81)82)67-52(75)41(21-15-16-28-59)61-51(74)42(26-27-46(71)72)62-54(77)45(32-69)65-55(78)47(33(2)3)66-50(73)40(60)29-36-17-11-9-12-18-36/h9-14,17-20,22-25,33-35,40-45,47-49,69-70H,8,15-16,21,26-32,59-60H2,1-7H3,(H,61,74)(H,62,77)(H,63,79)(H,64,76)(H,65,78)(H,66,73)(H,67,75)(H,71,72)(H,81,82)/t35-,40-,41-,42-,43-,44-,45-,47-,48-,49-/m0/s1. The van der Waals surface area contributed by atoms with Gasteiger partial charge in [-0.1, -0.05) is 121 Å². The van der Waals surface area contributed by atoms with Crippen LogP contribution in [0.4, 0.5) is 0 Å². The van der Waals surface area contributed by atoms with Gasteiger partial charge in [-0.15, -0.1) is 0 Å². The summed E-state index contributed by atoms with van der Waals surface area (Å²) in [6.07, 6.45) is -0.342. The first-order valence-electron chi connectivity index (χ1n) is 27.6. The molecule has 0 fully saturated rings. The van der Waals surface area contributed by atoms with Gasteiger partial charge in [0, 0.05) is 26.3 Å². The molecule has 0 unspecified atom stereocenters. The zero-order valence-electron chi connectivity index (χ0n) is 47.8. The molecule has 3 aromatic rings. The Hall–Kier alpha value is -7.96. The summed E-state index contributed by atoms with van der Waals surface area (Å²) in [6.45, 7) is 9.15. The lowest BCUT2D eigenvalue weighted by Crippen LogP contribution is -2.62. The van der Waals surface area contributed by atoms with Crippen molar-refractivity contribution in [3.05, 3.63) is 102 Å². The minimum Gasteiger partial charge on any atom is -0.508 e. The first-order valence-corrected chi connectivity index (χ1v) is 27.6. The molecular weight excluding hydrogens is 1060 g/mol. The van der Waals surface area contributed by atoms with Gasteiger partial charge < -0.3 is 74.0 Å². The molecule has 24 heteroatoms. The van der Waals surface area contributed by atoms with Crippen molar-refractivity contribution in [1.29, 1.82) is 0 Å². The molecule has 15 N–H and O–H groups in total. The summed E-state index contributed by atoms with van der Waals surface area (Å²) >= 11 is 0. The van der Waals surface area contributed by atoms with E-state index in [1.54, 1.807) is 102 Å². The van der Waals surface area contributed by atoms with Crippen LogP contribution in [0.15, 0.2) is 84.9 Å². The Balaban J connectivity index is 1.92. The number of carbonyl (C=O) groups is 10. The van der Waals surface area contributed by atoms with E-state index >= 15 is 0 Å². The fourth-order valence-corrected chi connectivity index (χ4v) is 8.95. The molecule has 450 valence electrons. The second-order valence-electron chi connectivity index (χ2n) is 21.1. The predicted molar refractivity (Wildman–Crippen MR) is 304 cm³/mol. The Labute approximate surface area is 478 Å². The molecule has 0 aliphatic rings. The SMILES string of the molecule is CC[C@H](C)[C@H](NC(=O)[C@H](CCCCN)NC(=O)[C@H](CCC(=O)O)NC(=O)[C@H](CO)NC(=O)[C@@H](NC(=O)[C@@H](N)Cc1ccccc1)C(C)C)C(=O)N[C@@H](Cc1ccccc1)C(=O)N[C@@H](Cc1ccc(O)cc1)C(=O)N(C)[C@H](C(=O)O)C(C)C. The summed E-state index contributed by atoms with van der Waals surface area (Å²) in [7, 11) is 1.31. The number of carbonyl (C=O) groups excluding carboxylic acids is 8. The Morgan fingerprint density at radius 1 is 0.524 bits per heavy atom. The van der Waals surface area contributed by atoms with Gasteiger partial charge in [-0.05, 0) is 85.2 Å². The van der Waals surface area contributed by atoms with Crippen LogP contribution < -0.4 is 48.7 Å². The van der Waals surface area contributed by atoms with Gasteiger partial charge in [0.1, 0.15) is 54.1 Å². The number of carboxylic acids is 2. The van der Waals surface area contributed by atoms with Crippen molar-refractivity contribution in [2.75, 3.05) is 20.2 Å². The molecule has 3 rings (SSSR count). The number of rotatable bonds is 35. The van der Waals surface area contributed by atoms with Gasteiger partial charge in [-0.3, -0.25) is 43.2 Å². The number of phenols is 1. The van der Waals surface area contributed by atoms with E-state index in [1.807, 2.05) is 0 Å². The largest absolute Gasteiger partial charge is 0.508 e. The summed E-state index contributed by atoms with van der Waals surface area (Å²) in [5.41, 5.74) is 13.8. The van der Waals surface area contributed by atoms with Crippen molar-refractivity contribution in [3.8, 4) is 5.75 Å². The van der Waals surface area contributed by atoms with Crippen molar-refractivity contribution >= 4 is 59.2 Å². The number of aliphatic carboxylic acids is 2. The molecule has 0 saturated carbocycles. The number of aliphatic hydroxyl groups excluding tert-OH is 1. The molecule has 0 aliphatic carbocycles. The van der Waals surface area contributed by atoms with Crippen molar-refractivity contribution in [1.82, 2.24) is 42.1 Å². The van der Waals surface area contributed by atoms with Crippen LogP contribution in [-0.2, 0) is 67.2 Å². The molecule has 0 saturated heterocycles. The number of amides is 8. The van der Waals surface area contributed by atoms with Crippen LogP contribution in [0.3, 0.4) is 0 Å². The van der Waals surface area contributed by atoms with Crippen LogP contribution in [0.25, 0.3) is 0 Å². The van der Waals surface area contributed by atoms with Crippen LogP contribution in [-0.4, -0.2) is 159 Å². The fourth-order valence-electron chi connectivity index (χ4n) is 8.95. The van der Waals surface area contributed by atoms with E-state index in [4.69, 9.17) is 11.5 Å². The van der Waals surface area contributed by atoms with E-state index in [1.165, 1.54) is 31.3 Å². The number of carboxylic acid groups (broad SMARTS) is 2. The highest BCUT2D eigenvalue weighted by Crippen LogP contribution is 2.18. The van der Waals surface area contributed by atoms with Crippen LogP contribution >= 0.6 is 0 Å². The van der Waals surface area contributed by atoms with Crippen LogP contribution in [0.2, 0.25) is 0 Å². The van der Waals surface area contributed by atoms with Gasteiger partial charge in [-0.2, -0.15) is 0 Å². The molecule has 0 radical (unpaired) electrons. The third-order valence-corrected chi connectivity index (χ3v) is 13.9. The molecule has 0 heterocycles. The number of nitrogens with one attached hydrogen (secondary N) is 7. The van der Waals surface area contributed by atoms with Crippen molar-refractivity contribution in [3.63, 3.8) is 0 Å². The number of nitrogens with zero attached hydrogens (tertiary/aromatic N) is 1. The second-order valence-corrected chi connectivity index (χ2v) is 21.1. The van der Waals surface area contributed by atoms with Crippen LogP contribution in [0.1, 0.15) is 96.8 Å². The third-order valence-electron chi connectivity index (χ3n) is 13.9. The molecule has 0 spiro atoms. The molecule has 0 bridgehead atoms. The Kier molecular flexibility index (Phi) is 28.6. The molecule has 0 aliphatic heterocycles. The van der Waals surface area contributed by atoms with Gasteiger partial charge in [-0.25, -0.2) is 4.79 Å². The van der Waals surface area contributed by atoms with E-state index in [9.17, 15) is 68.4 Å². The van der Waals surface area contributed by atoms with Gasteiger partial charge in [0.15, 0.2) is 0 Å². The summed E-state index contributed by atoms with van der Waals surface area (Å²) in [4.78, 5) is 138. The normalized spacial score (nSPS) is 14.9. The smallest absolute Gasteiger partial charge is 0.326 e. The maximum absolute atomic E-state index is 14.6. The number of unbranched alkanes of at least 4 members (excludes halogenated alkanes) is 1. The van der Waals surface area contributed by atoms with Gasteiger partial charge in [0.25, 0.3) is 0 Å². The van der Waals surface area contributed by atoms with E-state index in [2.05, 4.69) is 37.2 Å². The topological polar surface area (TPSA) is 391 Å². The van der Waals surface area contributed by atoms with E-state index in [0.717, 1.165) is 10.5 Å². The molecule has 82 heavy (non-hydrogen) atoms. The number of hydrogen-bond donors (Lipinski definition) is 13. The maximum Gasteiger partial charge on any atom is 0.326 e. The number of hydrogen-bond acceptors (Lipinski definition) is 14. The molecule has 10 atom stereocenters. The highest BCUT2D eigenvalue weighted by molar-refractivity contribution is 5.98. The lowest BCUT2D eigenvalue weighted by Gasteiger charge is -2.32. The lowest BCUT2D eigenvalue weighted by molar-refractivity contribution is -0.152. The zero-order valence-corrected chi connectivity index (χ0v) is 47.8. The Morgan fingerprint density at radius 2 is 0.976 bits per heavy atom. The number of aromatic hydroxyl groups is 1. The number of benzene rings is 3. The van der Waals surface area contributed by atoms with E-state index < -0.39 is 151 Å². The average molecular weight is 1150 g/mol. The maximum atomic E-state index is 14.6. The molecule has 8 amide bonds. The number of phenolic OH excluding ortho intramolecular Hbond substituents is 1. The third kappa shape index (κ3) is 22.2. The number of nitrogens with two attached hydrogens (primary N) is 2. The summed E-state index contributed by atoms with van der Waals surface area (Å²) in [5, 5.41) is 58.1. The highest BCUT2D eigenvalue weighted by atomic mass is 16.4. The first-order chi connectivity index (χ1) is 38.8. The van der Waals surface area contributed by atoms with Crippen LogP contribution in [0.5, 0.6) is 5.75 Å². The fraction of sp³-hybridized carbons (Fsp3) is 0.517. The number of aliphatic hydroxyl groups is 1. The molecule has 0 aromatic heterocycles. The second kappa shape index (κ2) is 34.4. The zero-order chi connectivity index (χ0) is 61.2. The van der Waals surface area contributed by atoms with Gasteiger partial charge in [0.2, 0.25) is 47.3 Å². The molecule has 24 nitrogen and oxygen atoms in total. The summed E-state index contributed by atoms with van der Waals surface area (Å²) in [6, 6.07) is 10.9. The Morgan fingerprint density at radius 3 is 1.49 bits per heavy atom.